The second kappa shape index (κ2) is 11.0. The fourth-order valence-electron chi connectivity index (χ4n) is 6.89. The molecule has 6 heteroatoms. The van der Waals surface area contributed by atoms with E-state index in [4.69, 9.17) is 0 Å². The minimum absolute atomic E-state index is 0.235. The topological polar surface area (TPSA) is 52.6 Å². The van der Waals surface area contributed by atoms with E-state index in [9.17, 15) is 4.79 Å². The van der Waals surface area contributed by atoms with Crippen LogP contribution in [0, 0.1) is 11.8 Å². The summed E-state index contributed by atoms with van der Waals surface area (Å²) in [6.07, 6.45) is 15.6. The van der Waals surface area contributed by atoms with Gasteiger partial charge in [-0.15, -0.1) is 0 Å². The number of likely N-dealkylation sites (tertiary alicyclic amines) is 1. The number of carbonyl (C=O) groups excluding carboxylic acids is 1. The summed E-state index contributed by atoms with van der Waals surface area (Å²) in [7, 11) is 1.91. The molecule has 5 heterocycles. The number of nitrogens with zero attached hydrogens (tertiary/aromatic N) is 5. The van der Waals surface area contributed by atoms with Gasteiger partial charge in [-0.05, 0) is 86.7 Å². The van der Waals surface area contributed by atoms with E-state index in [2.05, 4.69) is 31.9 Å². The zero-order valence-electron chi connectivity index (χ0n) is 20.6. The smallest absolute Gasteiger partial charge is 0.222 e. The Morgan fingerprint density at radius 2 is 1.79 bits per heavy atom. The molecule has 4 atom stereocenters. The van der Waals surface area contributed by atoms with Crippen molar-refractivity contribution < 1.29 is 4.79 Å². The molecule has 0 aromatic carbocycles. The van der Waals surface area contributed by atoms with Crippen molar-refractivity contribution in [3.05, 3.63) is 60.2 Å². The van der Waals surface area contributed by atoms with E-state index in [1.807, 2.05) is 42.7 Å². The number of pyridine rings is 2. The zero-order chi connectivity index (χ0) is 23.3. The Kier molecular flexibility index (Phi) is 7.55. The highest BCUT2D eigenvalue weighted by Crippen LogP contribution is 2.43. The van der Waals surface area contributed by atoms with E-state index < -0.39 is 0 Å². The Bertz CT molecular complexity index is 921. The van der Waals surface area contributed by atoms with Crippen LogP contribution in [0.4, 0.5) is 0 Å². The third kappa shape index (κ3) is 5.33. The van der Waals surface area contributed by atoms with Crippen LogP contribution in [0.15, 0.2) is 49.1 Å². The van der Waals surface area contributed by atoms with Crippen LogP contribution in [0.1, 0.15) is 56.1 Å². The maximum Gasteiger partial charge on any atom is 0.222 e. The highest BCUT2D eigenvalue weighted by atomic mass is 16.2. The van der Waals surface area contributed by atoms with Gasteiger partial charge in [0.2, 0.25) is 5.91 Å². The van der Waals surface area contributed by atoms with Crippen molar-refractivity contribution in [3.8, 4) is 0 Å². The number of hydrogen-bond acceptors (Lipinski definition) is 5. The van der Waals surface area contributed by atoms with Crippen LogP contribution in [0.25, 0.3) is 0 Å². The molecule has 2 aromatic heterocycles. The van der Waals surface area contributed by atoms with E-state index in [-0.39, 0.29) is 5.91 Å². The molecule has 0 aliphatic carbocycles. The summed E-state index contributed by atoms with van der Waals surface area (Å²) in [6, 6.07) is 9.53. The Balaban J connectivity index is 1.24. The van der Waals surface area contributed by atoms with Crippen molar-refractivity contribution in [3.63, 3.8) is 0 Å². The average molecular weight is 462 g/mol. The molecule has 5 rings (SSSR count). The minimum Gasteiger partial charge on any atom is -0.341 e. The second-order valence-electron chi connectivity index (χ2n) is 10.6. The fourth-order valence-corrected chi connectivity index (χ4v) is 6.89. The quantitative estimate of drug-likeness (QED) is 0.595. The number of rotatable bonds is 8. The van der Waals surface area contributed by atoms with Crippen molar-refractivity contribution in [2.45, 2.75) is 70.1 Å². The van der Waals surface area contributed by atoms with Gasteiger partial charge in [0, 0.05) is 70.0 Å². The maximum atomic E-state index is 12.9. The van der Waals surface area contributed by atoms with Crippen LogP contribution in [0.2, 0.25) is 0 Å². The molecule has 1 amide bonds. The molecule has 0 bridgehead atoms. The van der Waals surface area contributed by atoms with Crippen LogP contribution in [-0.4, -0.2) is 69.3 Å². The van der Waals surface area contributed by atoms with Crippen LogP contribution in [0.3, 0.4) is 0 Å². The lowest BCUT2D eigenvalue weighted by atomic mass is 9.69. The summed E-state index contributed by atoms with van der Waals surface area (Å²) in [6.45, 7) is 5.36. The molecule has 3 aliphatic heterocycles. The van der Waals surface area contributed by atoms with Crippen LogP contribution < -0.4 is 0 Å². The third-order valence-corrected chi connectivity index (χ3v) is 8.35. The maximum absolute atomic E-state index is 12.9. The third-order valence-electron chi connectivity index (χ3n) is 8.35. The molecule has 0 unspecified atom stereocenters. The highest BCUT2D eigenvalue weighted by molar-refractivity contribution is 5.75. The monoisotopic (exact) mass is 461 g/mol. The Morgan fingerprint density at radius 3 is 2.53 bits per heavy atom. The molecule has 0 spiro atoms. The van der Waals surface area contributed by atoms with Crippen molar-refractivity contribution in [1.29, 1.82) is 0 Å². The summed E-state index contributed by atoms with van der Waals surface area (Å²) < 4.78 is 0. The zero-order valence-corrected chi connectivity index (χ0v) is 20.6. The lowest BCUT2D eigenvalue weighted by Crippen LogP contribution is -2.64. The SMILES string of the molecule is CN(Cc1cccnc1)C(=O)CCC[C@@H]1[C@H]2CCCN3CCC[C@@H](CN1Cc1cccnc1)[C@@H]23. The van der Waals surface area contributed by atoms with Gasteiger partial charge in [0.05, 0.1) is 0 Å². The summed E-state index contributed by atoms with van der Waals surface area (Å²) in [5.41, 5.74) is 2.39. The number of hydrogen-bond donors (Lipinski definition) is 0. The van der Waals surface area contributed by atoms with Gasteiger partial charge in [0.1, 0.15) is 0 Å². The molecule has 3 aliphatic rings. The van der Waals surface area contributed by atoms with E-state index >= 15 is 0 Å². The van der Waals surface area contributed by atoms with Crippen LogP contribution in [-0.2, 0) is 17.9 Å². The van der Waals surface area contributed by atoms with Gasteiger partial charge in [-0.3, -0.25) is 24.6 Å². The van der Waals surface area contributed by atoms with Crippen molar-refractivity contribution in [1.82, 2.24) is 24.7 Å². The average Bonchev–Trinajstić information content (AvgIpc) is 2.87. The van der Waals surface area contributed by atoms with Gasteiger partial charge < -0.3 is 4.90 Å². The molecule has 3 fully saturated rings. The van der Waals surface area contributed by atoms with Gasteiger partial charge in [0.15, 0.2) is 0 Å². The van der Waals surface area contributed by atoms with Crippen molar-refractivity contribution in [2.75, 3.05) is 26.7 Å². The van der Waals surface area contributed by atoms with Crippen molar-refractivity contribution >= 4 is 5.91 Å². The molecule has 6 nitrogen and oxygen atoms in total. The van der Waals surface area contributed by atoms with Crippen molar-refractivity contribution in [2.24, 2.45) is 11.8 Å². The number of amides is 1. The summed E-state index contributed by atoms with van der Waals surface area (Å²) >= 11 is 0. The van der Waals surface area contributed by atoms with Gasteiger partial charge in [0.25, 0.3) is 0 Å². The summed E-state index contributed by atoms with van der Waals surface area (Å²) in [5, 5.41) is 0. The molecule has 34 heavy (non-hydrogen) atoms. The van der Waals surface area contributed by atoms with Crippen LogP contribution in [0.5, 0.6) is 0 Å². The molecule has 0 radical (unpaired) electrons. The summed E-state index contributed by atoms with van der Waals surface area (Å²) in [5.74, 6) is 1.76. The Labute approximate surface area is 204 Å². The fraction of sp³-hybridized carbons (Fsp3) is 0.607. The normalized spacial score (nSPS) is 27.2. The Hall–Kier alpha value is -2.31. The lowest BCUT2D eigenvalue weighted by molar-refractivity contribution is -0.130. The molecule has 2 aromatic rings. The Morgan fingerprint density at radius 1 is 1.06 bits per heavy atom. The molecule has 0 saturated carbocycles. The van der Waals surface area contributed by atoms with Crippen LogP contribution >= 0.6 is 0 Å². The van der Waals surface area contributed by atoms with E-state index in [1.165, 1.54) is 50.9 Å². The van der Waals surface area contributed by atoms with Gasteiger partial charge in [-0.25, -0.2) is 0 Å². The van der Waals surface area contributed by atoms with E-state index in [1.54, 1.807) is 6.20 Å². The number of piperidine rings is 3. The largest absolute Gasteiger partial charge is 0.341 e. The van der Waals surface area contributed by atoms with E-state index in [0.717, 1.165) is 42.8 Å². The minimum atomic E-state index is 0.235. The molecule has 182 valence electrons. The van der Waals surface area contributed by atoms with E-state index in [0.29, 0.717) is 19.0 Å². The van der Waals surface area contributed by atoms with Gasteiger partial charge >= 0.3 is 0 Å². The number of carbonyl (C=O) groups is 1. The summed E-state index contributed by atoms with van der Waals surface area (Å²) in [4.78, 5) is 28.8. The molecule has 0 N–H and O–H groups in total. The predicted octanol–water partition coefficient (Wildman–Crippen LogP) is 3.98. The molecular weight excluding hydrogens is 422 g/mol. The van der Waals surface area contributed by atoms with Gasteiger partial charge in [-0.1, -0.05) is 12.1 Å². The first-order chi connectivity index (χ1) is 16.7. The first-order valence-corrected chi connectivity index (χ1v) is 13.2. The molecular formula is C28H39N5O. The first kappa shape index (κ1) is 23.4. The highest BCUT2D eigenvalue weighted by Gasteiger charge is 2.48. The number of aromatic nitrogens is 2. The standard InChI is InChI=1S/C28H39N5O/c1-31(19-22-7-3-13-29-17-22)27(34)12-2-11-26-25-10-6-16-32-15-5-9-24(28(25)32)21-33(26)20-23-8-4-14-30-18-23/h3-4,7-8,13-14,17-18,24-26,28H,2,5-6,9-12,15-16,19-21H2,1H3/t24-,25+,26+,28-/m0/s1. The van der Waals surface area contributed by atoms with Gasteiger partial charge in [-0.2, -0.15) is 0 Å². The first-order valence-electron chi connectivity index (χ1n) is 13.2. The molecule has 3 saturated heterocycles. The predicted molar refractivity (Wildman–Crippen MR) is 134 cm³/mol. The lowest BCUT2D eigenvalue weighted by Gasteiger charge is -2.57. The second-order valence-corrected chi connectivity index (χ2v) is 10.6.